The van der Waals surface area contributed by atoms with Gasteiger partial charge in [-0.05, 0) is 41.0 Å². The third kappa shape index (κ3) is 6.81. The molecule has 0 saturated heterocycles. The lowest BCUT2D eigenvalue weighted by atomic mass is 9.96. The SMILES string of the molecule is CCC(CCNC(=O)CCNC(=O)OCC1c2ccccc2-c2ccccc21)CCC(=O)O. The Morgan fingerprint density at radius 2 is 1.55 bits per heavy atom. The van der Waals surface area contributed by atoms with E-state index in [0.717, 1.165) is 24.0 Å². The summed E-state index contributed by atoms with van der Waals surface area (Å²) in [5.41, 5.74) is 4.65. The molecule has 1 aliphatic carbocycles. The zero-order valence-corrected chi connectivity index (χ0v) is 19.0. The van der Waals surface area contributed by atoms with Crippen LogP contribution in [0.5, 0.6) is 0 Å². The van der Waals surface area contributed by atoms with E-state index in [1.807, 2.05) is 31.2 Å². The summed E-state index contributed by atoms with van der Waals surface area (Å²) in [5.74, 6) is -0.668. The molecule has 2 aromatic rings. The number of hydrogen-bond acceptors (Lipinski definition) is 4. The van der Waals surface area contributed by atoms with E-state index in [0.29, 0.717) is 13.0 Å². The predicted molar refractivity (Wildman–Crippen MR) is 126 cm³/mol. The van der Waals surface area contributed by atoms with Crippen LogP contribution in [0.1, 0.15) is 56.1 Å². The molecule has 176 valence electrons. The highest BCUT2D eigenvalue weighted by atomic mass is 16.5. The van der Waals surface area contributed by atoms with Crippen LogP contribution in [0.3, 0.4) is 0 Å². The number of ether oxygens (including phenoxy) is 1. The van der Waals surface area contributed by atoms with Crippen molar-refractivity contribution in [3.8, 4) is 11.1 Å². The van der Waals surface area contributed by atoms with Crippen LogP contribution in [0.15, 0.2) is 48.5 Å². The summed E-state index contributed by atoms with van der Waals surface area (Å²) in [7, 11) is 0. The Balaban J connectivity index is 1.36. The molecule has 0 bridgehead atoms. The summed E-state index contributed by atoms with van der Waals surface area (Å²) in [4.78, 5) is 34.9. The topological polar surface area (TPSA) is 105 Å². The molecule has 0 spiro atoms. The molecule has 0 aliphatic heterocycles. The molecule has 0 fully saturated rings. The molecule has 7 heteroatoms. The van der Waals surface area contributed by atoms with Gasteiger partial charge in [0, 0.05) is 31.8 Å². The molecule has 3 rings (SSSR count). The summed E-state index contributed by atoms with van der Waals surface area (Å²) in [6.07, 6.45) is 2.02. The van der Waals surface area contributed by atoms with Crippen LogP contribution in [0.4, 0.5) is 4.79 Å². The fourth-order valence-electron chi connectivity index (χ4n) is 4.31. The van der Waals surface area contributed by atoms with Gasteiger partial charge in [0.1, 0.15) is 6.61 Å². The molecule has 2 aromatic carbocycles. The van der Waals surface area contributed by atoms with Crippen LogP contribution in [0, 0.1) is 5.92 Å². The first-order chi connectivity index (χ1) is 16.0. The maximum atomic E-state index is 12.2. The van der Waals surface area contributed by atoms with Crippen molar-refractivity contribution in [2.75, 3.05) is 19.7 Å². The monoisotopic (exact) mass is 452 g/mol. The summed E-state index contributed by atoms with van der Waals surface area (Å²) in [6, 6.07) is 16.3. The third-order valence-electron chi connectivity index (χ3n) is 6.18. The normalized spacial score (nSPS) is 13.0. The number of carboxylic acids is 1. The Kier molecular flexibility index (Phi) is 8.87. The van der Waals surface area contributed by atoms with Gasteiger partial charge in [-0.25, -0.2) is 4.79 Å². The Hall–Kier alpha value is -3.35. The molecule has 0 saturated carbocycles. The molecular formula is C26H32N2O5. The van der Waals surface area contributed by atoms with Gasteiger partial charge in [0.05, 0.1) is 0 Å². The Bertz CT molecular complexity index is 929. The van der Waals surface area contributed by atoms with Crippen LogP contribution in [0.25, 0.3) is 11.1 Å². The van der Waals surface area contributed by atoms with Gasteiger partial charge in [-0.3, -0.25) is 9.59 Å². The first-order valence-electron chi connectivity index (χ1n) is 11.6. The highest BCUT2D eigenvalue weighted by Gasteiger charge is 2.28. The van der Waals surface area contributed by atoms with E-state index in [1.165, 1.54) is 11.1 Å². The number of amides is 2. The highest BCUT2D eigenvalue weighted by Crippen LogP contribution is 2.44. The quantitative estimate of drug-likeness (QED) is 0.445. The number of carbonyl (C=O) groups is 3. The summed E-state index contributed by atoms with van der Waals surface area (Å²) in [5, 5.41) is 14.3. The van der Waals surface area contributed by atoms with Crippen LogP contribution < -0.4 is 10.6 Å². The van der Waals surface area contributed by atoms with E-state index < -0.39 is 12.1 Å². The number of rotatable bonds is 12. The lowest BCUT2D eigenvalue weighted by Crippen LogP contribution is -2.32. The second-order valence-electron chi connectivity index (χ2n) is 8.35. The first kappa shape index (κ1) is 24.3. The Morgan fingerprint density at radius 1 is 0.909 bits per heavy atom. The van der Waals surface area contributed by atoms with Crippen molar-refractivity contribution in [1.29, 1.82) is 0 Å². The van der Waals surface area contributed by atoms with Crippen molar-refractivity contribution in [1.82, 2.24) is 10.6 Å². The van der Waals surface area contributed by atoms with Crippen LogP contribution in [-0.2, 0) is 14.3 Å². The molecular weight excluding hydrogens is 420 g/mol. The fraction of sp³-hybridized carbons (Fsp3) is 0.423. The van der Waals surface area contributed by atoms with E-state index in [4.69, 9.17) is 9.84 Å². The van der Waals surface area contributed by atoms with Crippen molar-refractivity contribution >= 4 is 18.0 Å². The average molecular weight is 453 g/mol. The minimum absolute atomic E-state index is 0.000845. The molecule has 2 amide bonds. The molecule has 7 nitrogen and oxygen atoms in total. The number of nitrogens with one attached hydrogen (secondary N) is 2. The van der Waals surface area contributed by atoms with E-state index in [-0.39, 0.29) is 43.7 Å². The molecule has 0 aromatic heterocycles. The van der Waals surface area contributed by atoms with Gasteiger partial charge in [0.2, 0.25) is 5.91 Å². The number of hydrogen-bond donors (Lipinski definition) is 3. The summed E-state index contributed by atoms with van der Waals surface area (Å²) >= 11 is 0. The van der Waals surface area contributed by atoms with E-state index in [1.54, 1.807) is 0 Å². The first-order valence-corrected chi connectivity index (χ1v) is 11.6. The number of fused-ring (bicyclic) bond motifs is 3. The molecule has 1 atom stereocenters. The molecule has 33 heavy (non-hydrogen) atoms. The summed E-state index contributed by atoms with van der Waals surface area (Å²) < 4.78 is 5.47. The van der Waals surface area contributed by atoms with Gasteiger partial charge in [-0.15, -0.1) is 0 Å². The number of aliphatic carboxylic acids is 1. The van der Waals surface area contributed by atoms with Crippen molar-refractivity contribution < 1.29 is 24.2 Å². The van der Waals surface area contributed by atoms with Crippen molar-refractivity contribution in [2.45, 2.75) is 44.9 Å². The van der Waals surface area contributed by atoms with Crippen LogP contribution >= 0.6 is 0 Å². The van der Waals surface area contributed by atoms with Gasteiger partial charge in [0.25, 0.3) is 0 Å². The fourth-order valence-corrected chi connectivity index (χ4v) is 4.31. The average Bonchev–Trinajstić information content (AvgIpc) is 3.13. The van der Waals surface area contributed by atoms with Gasteiger partial charge >= 0.3 is 12.1 Å². The van der Waals surface area contributed by atoms with Crippen molar-refractivity contribution in [3.05, 3.63) is 59.7 Å². The van der Waals surface area contributed by atoms with Gasteiger partial charge in [-0.2, -0.15) is 0 Å². The largest absolute Gasteiger partial charge is 0.481 e. The van der Waals surface area contributed by atoms with E-state index >= 15 is 0 Å². The number of benzene rings is 2. The lowest BCUT2D eigenvalue weighted by Gasteiger charge is -2.15. The van der Waals surface area contributed by atoms with E-state index in [2.05, 4.69) is 34.9 Å². The summed E-state index contributed by atoms with van der Waals surface area (Å²) in [6.45, 7) is 2.95. The number of carboxylic acid groups (broad SMARTS) is 1. The zero-order chi connectivity index (χ0) is 23.6. The van der Waals surface area contributed by atoms with Crippen molar-refractivity contribution in [2.24, 2.45) is 5.92 Å². The minimum Gasteiger partial charge on any atom is -0.481 e. The molecule has 3 N–H and O–H groups in total. The second-order valence-corrected chi connectivity index (χ2v) is 8.35. The van der Waals surface area contributed by atoms with Gasteiger partial charge in [0.15, 0.2) is 0 Å². The second kappa shape index (κ2) is 12.0. The molecule has 0 heterocycles. The van der Waals surface area contributed by atoms with Gasteiger partial charge in [-0.1, -0.05) is 61.9 Å². The Morgan fingerprint density at radius 3 is 2.15 bits per heavy atom. The van der Waals surface area contributed by atoms with E-state index in [9.17, 15) is 14.4 Å². The lowest BCUT2D eigenvalue weighted by molar-refractivity contribution is -0.137. The zero-order valence-electron chi connectivity index (χ0n) is 19.0. The van der Waals surface area contributed by atoms with Crippen molar-refractivity contribution in [3.63, 3.8) is 0 Å². The molecule has 0 radical (unpaired) electrons. The number of alkyl carbamates (subject to hydrolysis) is 1. The maximum absolute atomic E-state index is 12.2. The highest BCUT2D eigenvalue weighted by molar-refractivity contribution is 5.79. The maximum Gasteiger partial charge on any atom is 0.407 e. The molecule has 1 aliphatic rings. The smallest absolute Gasteiger partial charge is 0.407 e. The predicted octanol–water partition coefficient (Wildman–Crippen LogP) is 4.31. The third-order valence-corrected chi connectivity index (χ3v) is 6.18. The minimum atomic E-state index is -0.795. The standard InChI is InChI=1S/C26H32N2O5/c1-2-18(11-12-25(30)31)13-15-27-24(29)14-16-28-26(32)33-17-23-21-9-5-3-7-19(21)20-8-4-6-10-22(20)23/h3-10,18,23H,2,11-17H2,1H3,(H,27,29)(H,28,32)(H,30,31). The number of carbonyl (C=O) groups excluding carboxylic acids is 2. The van der Waals surface area contributed by atoms with Crippen LogP contribution in [-0.4, -0.2) is 42.8 Å². The van der Waals surface area contributed by atoms with Gasteiger partial charge < -0.3 is 20.5 Å². The van der Waals surface area contributed by atoms with Crippen LogP contribution in [0.2, 0.25) is 0 Å². The Labute approximate surface area is 194 Å². The molecule has 1 unspecified atom stereocenters.